The van der Waals surface area contributed by atoms with E-state index in [-0.39, 0.29) is 17.1 Å². The number of thiophene rings is 1. The predicted octanol–water partition coefficient (Wildman–Crippen LogP) is 3.06. The van der Waals surface area contributed by atoms with Gasteiger partial charge in [0, 0.05) is 18.3 Å². The van der Waals surface area contributed by atoms with Gasteiger partial charge >= 0.3 is 5.97 Å². The van der Waals surface area contributed by atoms with Gasteiger partial charge in [0.1, 0.15) is 11.4 Å². The molecule has 2 aromatic rings. The van der Waals surface area contributed by atoms with Crippen molar-refractivity contribution in [3.05, 3.63) is 51.7 Å². The number of likely N-dealkylation sites (tertiary alicyclic amines) is 1. The molecule has 1 amide bonds. The molecule has 1 unspecified atom stereocenters. The van der Waals surface area contributed by atoms with E-state index in [1.54, 1.807) is 4.90 Å². The third kappa shape index (κ3) is 2.57. The number of hydrogen-bond donors (Lipinski definition) is 1. The van der Waals surface area contributed by atoms with Gasteiger partial charge in [-0.1, -0.05) is 18.2 Å². The summed E-state index contributed by atoms with van der Waals surface area (Å²) in [5, 5.41) is 10.5. The summed E-state index contributed by atoms with van der Waals surface area (Å²) < 4.78 is 6.26. The molecule has 5 nitrogen and oxygen atoms in total. The molecule has 0 radical (unpaired) electrons. The Balaban J connectivity index is 1.50. The van der Waals surface area contributed by atoms with Gasteiger partial charge in [-0.3, -0.25) is 4.79 Å². The molecule has 1 atom stereocenters. The van der Waals surface area contributed by atoms with E-state index in [1.165, 1.54) is 28.3 Å². The fourth-order valence-electron chi connectivity index (χ4n) is 3.48. The summed E-state index contributed by atoms with van der Waals surface area (Å²) in [7, 11) is 0. The molecule has 1 aromatic heterocycles. The minimum Gasteiger partial charge on any atom is -0.485 e. The Morgan fingerprint density at radius 3 is 2.88 bits per heavy atom. The van der Waals surface area contributed by atoms with Crippen LogP contribution in [-0.2, 0) is 6.42 Å². The first-order valence-electron chi connectivity index (χ1n) is 7.94. The van der Waals surface area contributed by atoms with Gasteiger partial charge in [-0.05, 0) is 30.5 Å². The van der Waals surface area contributed by atoms with Gasteiger partial charge in [0.2, 0.25) is 0 Å². The zero-order valence-electron chi connectivity index (χ0n) is 13.0. The lowest BCUT2D eigenvalue weighted by Crippen LogP contribution is -2.43. The number of aryl methyl sites for hydroxylation is 1. The summed E-state index contributed by atoms with van der Waals surface area (Å²) in [6.07, 6.45) is 2.67. The Morgan fingerprint density at radius 1 is 1.25 bits per heavy atom. The van der Waals surface area contributed by atoms with Crippen molar-refractivity contribution in [1.29, 1.82) is 0 Å². The van der Waals surface area contributed by atoms with Crippen LogP contribution in [0.3, 0.4) is 0 Å². The Hall–Kier alpha value is -2.34. The van der Waals surface area contributed by atoms with E-state index in [0.29, 0.717) is 18.0 Å². The molecular weight excluding hydrogens is 326 g/mol. The number of benzene rings is 1. The number of carboxylic acid groups (broad SMARTS) is 1. The quantitative estimate of drug-likeness (QED) is 0.910. The molecule has 24 heavy (non-hydrogen) atoms. The van der Waals surface area contributed by atoms with Crippen molar-refractivity contribution >= 4 is 23.2 Å². The lowest BCUT2D eigenvalue weighted by atomic mass is 9.90. The van der Waals surface area contributed by atoms with E-state index in [2.05, 4.69) is 6.07 Å². The second-order valence-corrected chi connectivity index (χ2v) is 7.29. The van der Waals surface area contributed by atoms with Crippen molar-refractivity contribution in [3.8, 4) is 5.75 Å². The molecule has 1 aromatic carbocycles. The molecule has 1 N–H and O–H groups in total. The zero-order chi connectivity index (χ0) is 16.7. The van der Waals surface area contributed by atoms with Crippen LogP contribution in [0.25, 0.3) is 0 Å². The number of ether oxygens (including phenoxy) is 1. The van der Waals surface area contributed by atoms with Crippen LogP contribution in [0.2, 0.25) is 0 Å². The summed E-state index contributed by atoms with van der Waals surface area (Å²) in [6.45, 7) is 1.20. The Morgan fingerprint density at radius 2 is 2.08 bits per heavy atom. The van der Waals surface area contributed by atoms with Crippen molar-refractivity contribution in [2.24, 2.45) is 0 Å². The van der Waals surface area contributed by atoms with E-state index in [0.717, 1.165) is 25.0 Å². The minimum atomic E-state index is -1.00. The topological polar surface area (TPSA) is 66.8 Å². The molecule has 3 heterocycles. The molecule has 124 valence electrons. The minimum absolute atomic E-state index is 0.105. The molecular formula is C18H17NO4S. The number of carboxylic acids is 1. The van der Waals surface area contributed by atoms with E-state index in [1.807, 2.05) is 18.2 Å². The van der Waals surface area contributed by atoms with Gasteiger partial charge in [0.05, 0.1) is 17.0 Å². The largest absolute Gasteiger partial charge is 0.485 e. The number of carbonyl (C=O) groups is 2. The van der Waals surface area contributed by atoms with Gasteiger partial charge in [-0.15, -0.1) is 11.3 Å². The highest BCUT2D eigenvalue weighted by atomic mass is 32.1. The summed E-state index contributed by atoms with van der Waals surface area (Å²) in [6, 6.07) is 9.51. The number of aromatic carboxylic acids is 1. The van der Waals surface area contributed by atoms with Crippen LogP contribution < -0.4 is 4.74 Å². The van der Waals surface area contributed by atoms with Gasteiger partial charge in [0.15, 0.2) is 0 Å². The smallest absolute Gasteiger partial charge is 0.336 e. The predicted molar refractivity (Wildman–Crippen MR) is 89.9 cm³/mol. The standard InChI is InChI=1S/C18H17NO4S/c20-16(15-9-13(10-24-15)17(21)22)19-8-7-18(11-19)6-5-12-3-1-2-4-14(12)23-18/h1-4,9-10H,5-8,11H2,(H,21,22). The monoisotopic (exact) mass is 343 g/mol. The average molecular weight is 343 g/mol. The van der Waals surface area contributed by atoms with E-state index in [4.69, 9.17) is 9.84 Å². The maximum Gasteiger partial charge on any atom is 0.336 e. The summed E-state index contributed by atoms with van der Waals surface area (Å²) >= 11 is 1.18. The number of carbonyl (C=O) groups excluding carboxylic acids is 1. The number of nitrogens with zero attached hydrogens (tertiary/aromatic N) is 1. The highest BCUT2D eigenvalue weighted by Crippen LogP contribution is 2.39. The SMILES string of the molecule is O=C(O)c1csc(C(=O)N2CCC3(CCc4ccccc4O3)C2)c1. The fourth-order valence-corrected chi connectivity index (χ4v) is 4.33. The van der Waals surface area contributed by atoms with Crippen molar-refractivity contribution in [1.82, 2.24) is 4.90 Å². The molecule has 0 bridgehead atoms. The first-order valence-corrected chi connectivity index (χ1v) is 8.82. The highest BCUT2D eigenvalue weighted by Gasteiger charge is 2.44. The van der Waals surface area contributed by atoms with Crippen molar-refractivity contribution in [3.63, 3.8) is 0 Å². The Bertz CT molecular complexity index is 815. The summed E-state index contributed by atoms with van der Waals surface area (Å²) in [4.78, 5) is 25.9. The maximum atomic E-state index is 12.6. The van der Waals surface area contributed by atoms with Gasteiger partial charge in [-0.25, -0.2) is 4.79 Å². The van der Waals surface area contributed by atoms with Crippen LogP contribution in [-0.4, -0.2) is 40.6 Å². The van der Waals surface area contributed by atoms with E-state index < -0.39 is 5.97 Å². The zero-order valence-corrected chi connectivity index (χ0v) is 13.8. The molecule has 2 aliphatic heterocycles. The fraction of sp³-hybridized carbons (Fsp3) is 0.333. The second kappa shape index (κ2) is 5.63. The van der Waals surface area contributed by atoms with E-state index >= 15 is 0 Å². The Kier molecular flexibility index (Phi) is 3.57. The number of amides is 1. The molecule has 1 saturated heterocycles. The molecule has 0 aliphatic carbocycles. The number of rotatable bonds is 2. The summed E-state index contributed by atoms with van der Waals surface area (Å²) in [5.74, 6) is -0.190. The van der Waals surface area contributed by atoms with Crippen LogP contribution >= 0.6 is 11.3 Å². The third-order valence-electron chi connectivity index (χ3n) is 4.81. The average Bonchev–Trinajstić information content (AvgIpc) is 3.22. The molecule has 2 aliphatic rings. The number of para-hydroxylation sites is 1. The lowest BCUT2D eigenvalue weighted by molar-refractivity contribution is 0.0486. The first-order chi connectivity index (χ1) is 11.6. The molecule has 4 rings (SSSR count). The van der Waals surface area contributed by atoms with Crippen LogP contribution in [0.15, 0.2) is 35.7 Å². The third-order valence-corrected chi connectivity index (χ3v) is 5.73. The molecule has 1 spiro atoms. The van der Waals surface area contributed by atoms with Crippen molar-refractivity contribution in [2.75, 3.05) is 13.1 Å². The second-order valence-electron chi connectivity index (χ2n) is 6.37. The molecule has 0 saturated carbocycles. The van der Waals surface area contributed by atoms with Gasteiger partial charge < -0.3 is 14.7 Å². The number of hydrogen-bond acceptors (Lipinski definition) is 4. The molecule has 1 fully saturated rings. The van der Waals surface area contributed by atoms with Gasteiger partial charge in [0.25, 0.3) is 5.91 Å². The van der Waals surface area contributed by atoms with Crippen LogP contribution in [0.1, 0.15) is 38.4 Å². The van der Waals surface area contributed by atoms with Crippen LogP contribution in [0, 0.1) is 0 Å². The highest BCUT2D eigenvalue weighted by molar-refractivity contribution is 7.12. The first kappa shape index (κ1) is 15.2. The van der Waals surface area contributed by atoms with E-state index in [9.17, 15) is 9.59 Å². The number of fused-ring (bicyclic) bond motifs is 1. The van der Waals surface area contributed by atoms with Crippen molar-refractivity contribution in [2.45, 2.75) is 24.9 Å². The Labute approximate surface area is 143 Å². The van der Waals surface area contributed by atoms with Crippen LogP contribution in [0.5, 0.6) is 5.75 Å². The normalized spacial score (nSPS) is 22.2. The van der Waals surface area contributed by atoms with Gasteiger partial charge in [-0.2, -0.15) is 0 Å². The molecule has 6 heteroatoms. The summed E-state index contributed by atoms with van der Waals surface area (Å²) in [5.41, 5.74) is 1.08. The van der Waals surface area contributed by atoms with Crippen LogP contribution in [0.4, 0.5) is 0 Å². The lowest BCUT2D eigenvalue weighted by Gasteiger charge is -2.35. The van der Waals surface area contributed by atoms with Crippen molar-refractivity contribution < 1.29 is 19.4 Å². The maximum absolute atomic E-state index is 12.6.